The maximum atomic E-state index is 13.0. The van der Waals surface area contributed by atoms with Crippen LogP contribution in [-0.4, -0.2) is 19.2 Å². The summed E-state index contributed by atoms with van der Waals surface area (Å²) >= 11 is 0. The lowest BCUT2D eigenvalue weighted by Crippen LogP contribution is -2.00. The van der Waals surface area contributed by atoms with E-state index in [0.717, 1.165) is 6.07 Å². The SMILES string of the molecule is Cc1nc2c(cc1F)S(=O)(=O)CC2. The van der Waals surface area contributed by atoms with Crippen molar-refractivity contribution in [2.24, 2.45) is 0 Å². The quantitative estimate of drug-likeness (QED) is 0.625. The zero-order chi connectivity index (χ0) is 9.64. The molecule has 0 atom stereocenters. The average Bonchev–Trinajstić information content (AvgIpc) is 2.31. The molecule has 0 fully saturated rings. The number of hydrogen-bond acceptors (Lipinski definition) is 3. The Balaban J connectivity index is 2.75. The lowest BCUT2D eigenvalue weighted by Gasteiger charge is -1.99. The number of rotatable bonds is 0. The van der Waals surface area contributed by atoms with Gasteiger partial charge >= 0.3 is 0 Å². The van der Waals surface area contributed by atoms with Gasteiger partial charge in [-0.05, 0) is 13.0 Å². The van der Waals surface area contributed by atoms with Gasteiger partial charge in [-0.2, -0.15) is 0 Å². The molecule has 1 aromatic rings. The molecule has 0 aromatic carbocycles. The minimum atomic E-state index is -3.25. The van der Waals surface area contributed by atoms with Crippen LogP contribution in [0.2, 0.25) is 0 Å². The predicted octanol–water partition coefficient (Wildman–Crippen LogP) is 0.859. The van der Waals surface area contributed by atoms with E-state index in [2.05, 4.69) is 4.98 Å². The van der Waals surface area contributed by atoms with Gasteiger partial charge in [0, 0.05) is 6.42 Å². The molecule has 0 saturated carbocycles. The topological polar surface area (TPSA) is 47.0 Å². The fraction of sp³-hybridized carbons (Fsp3) is 0.375. The molecular weight excluding hydrogens is 193 g/mol. The number of halogens is 1. The first-order valence-corrected chi connectivity index (χ1v) is 5.55. The third-order valence-electron chi connectivity index (χ3n) is 2.13. The number of aromatic nitrogens is 1. The van der Waals surface area contributed by atoms with E-state index in [1.165, 1.54) is 6.92 Å². The van der Waals surface area contributed by atoms with Crippen LogP contribution < -0.4 is 0 Å². The molecule has 0 aliphatic carbocycles. The van der Waals surface area contributed by atoms with Gasteiger partial charge in [-0.25, -0.2) is 12.8 Å². The van der Waals surface area contributed by atoms with Crippen molar-refractivity contribution in [2.45, 2.75) is 18.2 Å². The molecule has 0 spiro atoms. The summed E-state index contributed by atoms with van der Waals surface area (Å²) in [5.74, 6) is -0.498. The Hall–Kier alpha value is -0.970. The van der Waals surface area contributed by atoms with Crippen molar-refractivity contribution in [3.05, 3.63) is 23.3 Å². The molecule has 2 heterocycles. The van der Waals surface area contributed by atoms with E-state index < -0.39 is 15.7 Å². The summed E-state index contributed by atoms with van der Waals surface area (Å²) in [4.78, 5) is 3.96. The van der Waals surface area contributed by atoms with Crippen molar-refractivity contribution in [3.8, 4) is 0 Å². The van der Waals surface area contributed by atoms with Crippen molar-refractivity contribution in [1.82, 2.24) is 4.98 Å². The number of pyridine rings is 1. The summed E-state index contributed by atoms with van der Waals surface area (Å²) in [6.07, 6.45) is 0.402. The lowest BCUT2D eigenvalue weighted by molar-refractivity contribution is 0.589. The smallest absolute Gasteiger partial charge is 0.180 e. The Kier molecular flexibility index (Phi) is 1.66. The molecule has 0 bridgehead atoms. The second kappa shape index (κ2) is 2.51. The molecule has 1 aliphatic heterocycles. The van der Waals surface area contributed by atoms with Gasteiger partial charge in [-0.3, -0.25) is 4.98 Å². The van der Waals surface area contributed by atoms with Gasteiger partial charge in [-0.15, -0.1) is 0 Å². The first kappa shape index (κ1) is 8.62. The van der Waals surface area contributed by atoms with Crippen LogP contribution in [0.1, 0.15) is 11.4 Å². The van der Waals surface area contributed by atoms with Crippen LogP contribution >= 0.6 is 0 Å². The van der Waals surface area contributed by atoms with Crippen molar-refractivity contribution in [3.63, 3.8) is 0 Å². The van der Waals surface area contributed by atoms with Gasteiger partial charge in [0.25, 0.3) is 0 Å². The maximum absolute atomic E-state index is 13.0. The van der Waals surface area contributed by atoms with Crippen LogP contribution in [0, 0.1) is 12.7 Å². The Morgan fingerprint density at radius 2 is 2.23 bits per heavy atom. The van der Waals surface area contributed by atoms with Gasteiger partial charge in [0.1, 0.15) is 5.82 Å². The first-order valence-electron chi connectivity index (χ1n) is 3.89. The molecule has 3 nitrogen and oxygen atoms in total. The highest BCUT2D eigenvalue weighted by molar-refractivity contribution is 7.91. The van der Waals surface area contributed by atoms with Crippen molar-refractivity contribution >= 4 is 9.84 Å². The molecule has 13 heavy (non-hydrogen) atoms. The third-order valence-corrected chi connectivity index (χ3v) is 3.90. The highest BCUT2D eigenvalue weighted by Crippen LogP contribution is 2.25. The van der Waals surface area contributed by atoms with Crippen LogP contribution in [0.25, 0.3) is 0 Å². The molecule has 0 radical (unpaired) electrons. The summed E-state index contributed by atoms with van der Waals surface area (Å²) in [5, 5.41) is 0. The second-order valence-electron chi connectivity index (χ2n) is 3.07. The predicted molar refractivity (Wildman–Crippen MR) is 44.7 cm³/mol. The molecule has 0 unspecified atom stereocenters. The molecule has 70 valence electrons. The zero-order valence-electron chi connectivity index (χ0n) is 7.04. The number of nitrogens with zero attached hydrogens (tertiary/aromatic N) is 1. The fourth-order valence-electron chi connectivity index (χ4n) is 1.40. The van der Waals surface area contributed by atoms with E-state index in [9.17, 15) is 12.8 Å². The van der Waals surface area contributed by atoms with Gasteiger partial charge in [-0.1, -0.05) is 0 Å². The summed E-state index contributed by atoms with van der Waals surface area (Å²) in [5.41, 5.74) is 0.759. The van der Waals surface area contributed by atoms with Crippen LogP contribution in [0.3, 0.4) is 0 Å². The van der Waals surface area contributed by atoms with Crippen molar-refractivity contribution in [1.29, 1.82) is 0 Å². The molecule has 1 aromatic heterocycles. The van der Waals surface area contributed by atoms with Crippen molar-refractivity contribution in [2.75, 3.05) is 5.75 Å². The van der Waals surface area contributed by atoms with E-state index in [1.807, 2.05) is 0 Å². The number of hydrogen-bond donors (Lipinski definition) is 0. The molecule has 5 heteroatoms. The molecule has 0 N–H and O–H groups in total. The second-order valence-corrected chi connectivity index (χ2v) is 5.15. The van der Waals surface area contributed by atoms with E-state index in [1.54, 1.807) is 0 Å². The van der Waals surface area contributed by atoms with Crippen LogP contribution in [-0.2, 0) is 16.3 Å². The molecule has 0 amide bonds. The third kappa shape index (κ3) is 1.23. The molecule has 1 aliphatic rings. The molecule has 0 saturated heterocycles. The van der Waals surface area contributed by atoms with Crippen LogP contribution in [0.5, 0.6) is 0 Å². The van der Waals surface area contributed by atoms with E-state index >= 15 is 0 Å². The van der Waals surface area contributed by atoms with Gasteiger partial charge in [0.05, 0.1) is 22.0 Å². The minimum absolute atomic E-state index is 0.0538. The molecule has 2 rings (SSSR count). The van der Waals surface area contributed by atoms with Gasteiger partial charge in [0.2, 0.25) is 0 Å². The Morgan fingerprint density at radius 3 is 2.92 bits per heavy atom. The van der Waals surface area contributed by atoms with Gasteiger partial charge in [0.15, 0.2) is 9.84 Å². The zero-order valence-corrected chi connectivity index (χ0v) is 7.86. The van der Waals surface area contributed by atoms with Crippen LogP contribution in [0.4, 0.5) is 4.39 Å². The van der Waals surface area contributed by atoms with Crippen LogP contribution in [0.15, 0.2) is 11.0 Å². The first-order chi connectivity index (χ1) is 6.00. The Morgan fingerprint density at radius 1 is 1.54 bits per heavy atom. The summed E-state index contributed by atoms with van der Waals surface area (Å²) in [6, 6.07) is 1.07. The highest BCUT2D eigenvalue weighted by atomic mass is 32.2. The summed E-state index contributed by atoms with van der Waals surface area (Å²) in [7, 11) is -3.25. The number of sulfone groups is 1. The van der Waals surface area contributed by atoms with Gasteiger partial charge < -0.3 is 0 Å². The van der Waals surface area contributed by atoms with E-state index in [0.29, 0.717) is 12.1 Å². The number of aryl methyl sites for hydroxylation is 2. The highest BCUT2D eigenvalue weighted by Gasteiger charge is 2.28. The summed E-state index contributed by atoms with van der Waals surface area (Å²) < 4.78 is 35.6. The van der Waals surface area contributed by atoms with E-state index in [-0.39, 0.29) is 16.3 Å². The minimum Gasteiger partial charge on any atom is -0.254 e. The summed E-state index contributed by atoms with van der Waals surface area (Å²) in [6.45, 7) is 1.53. The average molecular weight is 201 g/mol. The monoisotopic (exact) mass is 201 g/mol. The number of fused-ring (bicyclic) bond motifs is 1. The lowest BCUT2D eigenvalue weighted by atomic mass is 10.2. The Labute approximate surface area is 75.5 Å². The van der Waals surface area contributed by atoms with E-state index in [4.69, 9.17) is 0 Å². The Bertz CT molecular complexity index is 467. The molecular formula is C8H8FNO2S. The largest absolute Gasteiger partial charge is 0.254 e. The normalized spacial score (nSPS) is 18.6. The fourth-order valence-corrected chi connectivity index (χ4v) is 2.87. The maximum Gasteiger partial charge on any atom is 0.180 e. The standard InChI is InChI=1S/C8H8FNO2S/c1-5-6(9)4-8-7(10-5)2-3-13(8,11)12/h4H,2-3H2,1H3. The van der Waals surface area contributed by atoms with Crippen molar-refractivity contribution < 1.29 is 12.8 Å².